The number of anilines is 2. The molecule has 0 bridgehead atoms. The highest BCUT2D eigenvalue weighted by molar-refractivity contribution is 5.93. The van der Waals surface area contributed by atoms with Crippen molar-refractivity contribution in [3.05, 3.63) is 47.4 Å². The molecular weight excluding hydrogens is 300 g/mol. The molecule has 0 saturated carbocycles. The number of aromatic nitrogens is 2. The van der Waals surface area contributed by atoms with E-state index in [0.29, 0.717) is 17.3 Å². The molecule has 2 aromatic rings. The Bertz CT molecular complexity index is 706. The van der Waals surface area contributed by atoms with Gasteiger partial charge in [-0.1, -0.05) is 19.1 Å². The quantitative estimate of drug-likeness (QED) is 0.931. The van der Waals surface area contributed by atoms with Gasteiger partial charge in [-0.3, -0.25) is 4.79 Å². The fourth-order valence-electron chi connectivity index (χ4n) is 2.97. The Balaban J connectivity index is 1.78. The highest BCUT2D eigenvalue weighted by Gasteiger charge is 2.20. The highest BCUT2D eigenvalue weighted by Crippen LogP contribution is 2.18. The minimum absolute atomic E-state index is 0.00424. The van der Waals surface area contributed by atoms with Crippen LogP contribution in [-0.2, 0) is 6.42 Å². The number of nitrogens with zero attached hydrogens (tertiary/aromatic N) is 3. The zero-order valence-electron chi connectivity index (χ0n) is 14.4. The largest absolute Gasteiger partial charge is 0.340 e. The standard InChI is InChI=1S/C19H24N4O/c1-3-15-7-9-16(10-8-15)22-18-13-17(20-14(2)21-18)19(24)23-11-5-4-6-12-23/h7-10,13H,3-6,11-12H2,1-2H3,(H,20,21,22). The van der Waals surface area contributed by atoms with Crippen molar-refractivity contribution in [3.63, 3.8) is 0 Å². The van der Waals surface area contributed by atoms with E-state index in [1.165, 1.54) is 12.0 Å². The molecule has 0 aliphatic carbocycles. The van der Waals surface area contributed by atoms with Gasteiger partial charge in [0.15, 0.2) is 0 Å². The molecule has 126 valence electrons. The summed E-state index contributed by atoms with van der Waals surface area (Å²) in [6.07, 6.45) is 4.36. The molecule has 1 aliphatic rings. The first-order valence-electron chi connectivity index (χ1n) is 8.66. The molecule has 1 fully saturated rings. The molecule has 1 amide bonds. The number of amides is 1. The van der Waals surface area contributed by atoms with E-state index in [1.807, 2.05) is 24.0 Å². The zero-order valence-corrected chi connectivity index (χ0v) is 14.4. The maximum Gasteiger partial charge on any atom is 0.272 e. The maximum atomic E-state index is 12.6. The molecule has 1 aromatic carbocycles. The van der Waals surface area contributed by atoms with E-state index < -0.39 is 0 Å². The SMILES string of the molecule is CCc1ccc(Nc2cc(C(=O)N3CCCCC3)nc(C)n2)cc1. The molecule has 0 radical (unpaired) electrons. The van der Waals surface area contributed by atoms with E-state index >= 15 is 0 Å². The second-order valence-electron chi connectivity index (χ2n) is 6.21. The first-order valence-corrected chi connectivity index (χ1v) is 8.66. The van der Waals surface area contributed by atoms with Gasteiger partial charge in [0.25, 0.3) is 5.91 Å². The summed E-state index contributed by atoms with van der Waals surface area (Å²) >= 11 is 0. The molecule has 0 atom stereocenters. The van der Waals surface area contributed by atoms with Crippen molar-refractivity contribution in [2.45, 2.75) is 39.5 Å². The fraction of sp³-hybridized carbons (Fsp3) is 0.421. The van der Waals surface area contributed by atoms with Gasteiger partial charge in [-0.25, -0.2) is 9.97 Å². The summed E-state index contributed by atoms with van der Waals surface area (Å²) in [6, 6.07) is 9.99. The first kappa shape index (κ1) is 16.4. The van der Waals surface area contributed by atoms with Crippen molar-refractivity contribution < 1.29 is 4.79 Å². The Morgan fingerprint density at radius 3 is 2.50 bits per heavy atom. The molecule has 1 aliphatic heterocycles. The first-order chi connectivity index (χ1) is 11.7. The number of nitrogens with one attached hydrogen (secondary N) is 1. The van der Waals surface area contributed by atoms with Gasteiger partial charge in [-0.2, -0.15) is 0 Å². The average Bonchev–Trinajstić information content (AvgIpc) is 2.62. The molecule has 3 rings (SSSR count). The second kappa shape index (κ2) is 7.43. The smallest absolute Gasteiger partial charge is 0.272 e. The van der Waals surface area contributed by atoms with Crippen LogP contribution in [0, 0.1) is 6.92 Å². The number of carbonyl (C=O) groups is 1. The van der Waals surface area contributed by atoms with Crippen LogP contribution in [0.25, 0.3) is 0 Å². The van der Waals surface area contributed by atoms with E-state index in [-0.39, 0.29) is 5.91 Å². The average molecular weight is 324 g/mol. The van der Waals surface area contributed by atoms with Crippen LogP contribution in [-0.4, -0.2) is 33.9 Å². The Kier molecular flexibility index (Phi) is 5.08. The number of benzene rings is 1. The number of rotatable bonds is 4. The van der Waals surface area contributed by atoms with Crippen LogP contribution in [0.2, 0.25) is 0 Å². The lowest BCUT2D eigenvalue weighted by atomic mass is 10.1. The van der Waals surface area contributed by atoms with Crippen molar-refractivity contribution in [1.29, 1.82) is 0 Å². The molecule has 0 spiro atoms. The molecule has 5 heteroatoms. The van der Waals surface area contributed by atoms with E-state index in [1.54, 1.807) is 6.07 Å². The second-order valence-corrected chi connectivity index (χ2v) is 6.21. The van der Waals surface area contributed by atoms with Crippen molar-refractivity contribution >= 4 is 17.4 Å². The van der Waals surface area contributed by atoms with Crippen LogP contribution >= 0.6 is 0 Å². The molecule has 1 saturated heterocycles. The molecule has 5 nitrogen and oxygen atoms in total. The van der Waals surface area contributed by atoms with Crippen LogP contribution in [0.1, 0.15) is 48.1 Å². The van der Waals surface area contributed by atoms with Crippen molar-refractivity contribution in [3.8, 4) is 0 Å². The highest BCUT2D eigenvalue weighted by atomic mass is 16.2. The number of likely N-dealkylation sites (tertiary alicyclic amines) is 1. The third-order valence-electron chi connectivity index (χ3n) is 4.33. The molecular formula is C19H24N4O. The minimum Gasteiger partial charge on any atom is -0.340 e. The molecule has 1 aromatic heterocycles. The Labute approximate surface area is 143 Å². The molecule has 24 heavy (non-hydrogen) atoms. The lowest BCUT2D eigenvalue weighted by Crippen LogP contribution is -2.36. The van der Waals surface area contributed by atoms with Crippen molar-refractivity contribution in [1.82, 2.24) is 14.9 Å². The Morgan fingerprint density at radius 2 is 1.83 bits per heavy atom. The van der Waals surface area contributed by atoms with Crippen molar-refractivity contribution in [2.75, 3.05) is 18.4 Å². The van der Waals surface area contributed by atoms with Crippen LogP contribution in [0.3, 0.4) is 0 Å². The van der Waals surface area contributed by atoms with Gasteiger partial charge in [0, 0.05) is 24.8 Å². The van der Waals surface area contributed by atoms with E-state index in [9.17, 15) is 4.79 Å². The molecule has 0 unspecified atom stereocenters. The van der Waals surface area contributed by atoms with Gasteiger partial charge in [-0.05, 0) is 50.3 Å². The van der Waals surface area contributed by atoms with Gasteiger partial charge >= 0.3 is 0 Å². The topological polar surface area (TPSA) is 58.1 Å². The summed E-state index contributed by atoms with van der Waals surface area (Å²) in [7, 11) is 0. The zero-order chi connectivity index (χ0) is 16.9. The van der Waals surface area contributed by atoms with Gasteiger partial charge in [-0.15, -0.1) is 0 Å². The Hall–Kier alpha value is -2.43. The third-order valence-corrected chi connectivity index (χ3v) is 4.33. The van der Waals surface area contributed by atoms with Crippen LogP contribution < -0.4 is 5.32 Å². The summed E-state index contributed by atoms with van der Waals surface area (Å²) in [5, 5.41) is 3.27. The molecule has 1 N–H and O–H groups in total. The summed E-state index contributed by atoms with van der Waals surface area (Å²) in [5.74, 6) is 1.27. The summed E-state index contributed by atoms with van der Waals surface area (Å²) in [4.78, 5) is 23.3. The van der Waals surface area contributed by atoms with E-state index in [4.69, 9.17) is 0 Å². The van der Waals surface area contributed by atoms with E-state index in [2.05, 4.69) is 34.3 Å². The lowest BCUT2D eigenvalue weighted by molar-refractivity contribution is 0.0718. The summed E-state index contributed by atoms with van der Waals surface area (Å²) in [5.41, 5.74) is 2.72. The van der Waals surface area contributed by atoms with Gasteiger partial charge < -0.3 is 10.2 Å². The number of carbonyl (C=O) groups excluding carboxylic acids is 1. The Morgan fingerprint density at radius 1 is 1.12 bits per heavy atom. The van der Waals surface area contributed by atoms with Crippen LogP contribution in [0.5, 0.6) is 0 Å². The van der Waals surface area contributed by atoms with E-state index in [0.717, 1.165) is 38.0 Å². The fourth-order valence-corrected chi connectivity index (χ4v) is 2.97. The summed E-state index contributed by atoms with van der Waals surface area (Å²) in [6.45, 7) is 5.60. The predicted molar refractivity (Wildman–Crippen MR) is 95.6 cm³/mol. The van der Waals surface area contributed by atoms with Crippen LogP contribution in [0.15, 0.2) is 30.3 Å². The van der Waals surface area contributed by atoms with Crippen LogP contribution in [0.4, 0.5) is 11.5 Å². The number of hydrogen-bond acceptors (Lipinski definition) is 4. The monoisotopic (exact) mass is 324 g/mol. The van der Waals surface area contributed by atoms with Crippen molar-refractivity contribution in [2.24, 2.45) is 0 Å². The number of piperidine rings is 1. The van der Waals surface area contributed by atoms with Gasteiger partial charge in [0.1, 0.15) is 17.3 Å². The minimum atomic E-state index is 0.00424. The maximum absolute atomic E-state index is 12.6. The predicted octanol–water partition coefficient (Wildman–Crippen LogP) is 3.72. The lowest BCUT2D eigenvalue weighted by Gasteiger charge is -2.26. The number of hydrogen-bond donors (Lipinski definition) is 1. The number of aryl methyl sites for hydroxylation is 2. The van der Waals surface area contributed by atoms with Gasteiger partial charge in [0.05, 0.1) is 0 Å². The van der Waals surface area contributed by atoms with Gasteiger partial charge in [0.2, 0.25) is 0 Å². The summed E-state index contributed by atoms with van der Waals surface area (Å²) < 4.78 is 0. The normalized spacial score (nSPS) is 14.5. The third kappa shape index (κ3) is 3.91. The molecule has 2 heterocycles.